The summed E-state index contributed by atoms with van der Waals surface area (Å²) in [6.45, 7) is 0. The van der Waals surface area contributed by atoms with Crippen molar-refractivity contribution in [2.75, 3.05) is 11.5 Å². The van der Waals surface area contributed by atoms with Gasteiger partial charge in [0, 0.05) is 23.9 Å². The van der Waals surface area contributed by atoms with Crippen molar-refractivity contribution >= 4 is 21.7 Å². The number of rotatable bonds is 4. The highest BCUT2D eigenvalue weighted by Gasteiger charge is 2.34. The predicted molar refractivity (Wildman–Crippen MR) is 95.7 cm³/mol. The van der Waals surface area contributed by atoms with Gasteiger partial charge in [0.2, 0.25) is 11.8 Å². The van der Waals surface area contributed by atoms with E-state index in [0.717, 1.165) is 25.7 Å². The molecule has 1 atom stereocenters. The number of sulfone groups is 1. The van der Waals surface area contributed by atoms with Crippen LogP contribution in [0.25, 0.3) is 0 Å². The van der Waals surface area contributed by atoms with Gasteiger partial charge in [-0.1, -0.05) is 19.3 Å². The number of hydrogen-bond donors (Lipinski definition) is 2. The zero-order valence-corrected chi connectivity index (χ0v) is 15.7. The fourth-order valence-corrected chi connectivity index (χ4v) is 6.08. The van der Waals surface area contributed by atoms with E-state index in [1.54, 1.807) is 0 Å². The smallest absolute Gasteiger partial charge is 0.223 e. The first-order valence-corrected chi connectivity index (χ1v) is 11.6. The molecule has 3 fully saturated rings. The lowest BCUT2D eigenvalue weighted by Gasteiger charge is -2.30. The van der Waals surface area contributed by atoms with Crippen molar-refractivity contribution in [2.24, 2.45) is 11.8 Å². The van der Waals surface area contributed by atoms with Gasteiger partial charge >= 0.3 is 0 Å². The van der Waals surface area contributed by atoms with Gasteiger partial charge in [-0.3, -0.25) is 9.59 Å². The molecule has 1 saturated heterocycles. The Morgan fingerprint density at radius 1 is 0.680 bits per heavy atom. The molecule has 3 aliphatic rings. The maximum atomic E-state index is 12.4. The van der Waals surface area contributed by atoms with E-state index in [-0.39, 0.29) is 41.2 Å². The SMILES string of the molecule is O=C(NC1CCCCC1)C1CCC(C(=O)NC2CCS(=O)(=O)C2)CC1. The molecule has 7 heteroatoms. The normalized spacial score (nSPS) is 32.9. The average Bonchev–Trinajstić information content (AvgIpc) is 2.94. The molecule has 6 nitrogen and oxygen atoms in total. The van der Waals surface area contributed by atoms with Gasteiger partial charge < -0.3 is 10.6 Å². The van der Waals surface area contributed by atoms with Crippen LogP contribution >= 0.6 is 0 Å². The summed E-state index contributed by atoms with van der Waals surface area (Å²) >= 11 is 0. The quantitative estimate of drug-likeness (QED) is 0.785. The third-order valence-electron chi connectivity index (χ3n) is 6.00. The van der Waals surface area contributed by atoms with Crippen LogP contribution < -0.4 is 10.6 Å². The maximum absolute atomic E-state index is 12.4. The molecule has 0 aromatic rings. The van der Waals surface area contributed by atoms with Crippen LogP contribution in [0.1, 0.15) is 64.2 Å². The van der Waals surface area contributed by atoms with Gasteiger partial charge in [0.25, 0.3) is 0 Å². The number of nitrogens with one attached hydrogen (secondary N) is 2. The minimum atomic E-state index is -2.97. The molecular formula is C18H30N2O4S. The summed E-state index contributed by atoms with van der Waals surface area (Å²) in [5.41, 5.74) is 0. The summed E-state index contributed by atoms with van der Waals surface area (Å²) < 4.78 is 23.0. The molecule has 3 rings (SSSR count). The molecule has 0 bridgehead atoms. The monoisotopic (exact) mass is 370 g/mol. The van der Waals surface area contributed by atoms with Crippen molar-refractivity contribution in [3.8, 4) is 0 Å². The first-order chi connectivity index (χ1) is 11.9. The second kappa shape index (κ2) is 8.06. The highest BCUT2D eigenvalue weighted by atomic mass is 32.2. The molecule has 0 aromatic carbocycles. The fourth-order valence-electron chi connectivity index (χ4n) is 4.41. The summed E-state index contributed by atoms with van der Waals surface area (Å²) in [5, 5.41) is 6.09. The molecule has 142 valence electrons. The Balaban J connectivity index is 1.40. The minimum Gasteiger partial charge on any atom is -0.353 e. The summed E-state index contributed by atoms with van der Waals surface area (Å²) in [4.78, 5) is 24.8. The summed E-state index contributed by atoms with van der Waals surface area (Å²) in [5.74, 6) is 0.310. The number of carbonyl (C=O) groups is 2. The van der Waals surface area contributed by atoms with Crippen LogP contribution in [-0.4, -0.2) is 43.8 Å². The van der Waals surface area contributed by atoms with Crippen LogP contribution in [0.5, 0.6) is 0 Å². The average molecular weight is 371 g/mol. The van der Waals surface area contributed by atoms with E-state index >= 15 is 0 Å². The zero-order valence-electron chi connectivity index (χ0n) is 14.8. The Morgan fingerprint density at radius 2 is 1.20 bits per heavy atom. The highest BCUT2D eigenvalue weighted by Crippen LogP contribution is 2.30. The van der Waals surface area contributed by atoms with Gasteiger partial charge in [0.1, 0.15) is 0 Å². The first-order valence-electron chi connectivity index (χ1n) is 9.74. The van der Waals surface area contributed by atoms with Gasteiger partial charge in [0.15, 0.2) is 9.84 Å². The summed E-state index contributed by atoms with van der Waals surface area (Å²) in [6, 6.07) is 0.108. The Bertz CT molecular complexity index is 590. The molecule has 2 amide bonds. The van der Waals surface area contributed by atoms with E-state index in [2.05, 4.69) is 10.6 Å². The lowest BCUT2D eigenvalue weighted by Crippen LogP contribution is -2.43. The fraction of sp³-hybridized carbons (Fsp3) is 0.889. The predicted octanol–water partition coefficient (Wildman–Crippen LogP) is 1.54. The number of hydrogen-bond acceptors (Lipinski definition) is 4. The van der Waals surface area contributed by atoms with Gasteiger partial charge in [-0.05, 0) is 44.9 Å². The van der Waals surface area contributed by atoms with Crippen LogP contribution in [0.4, 0.5) is 0 Å². The van der Waals surface area contributed by atoms with E-state index in [0.29, 0.717) is 25.3 Å². The highest BCUT2D eigenvalue weighted by molar-refractivity contribution is 7.91. The lowest BCUT2D eigenvalue weighted by atomic mass is 9.80. The second-order valence-electron chi connectivity index (χ2n) is 8.00. The van der Waals surface area contributed by atoms with Crippen molar-refractivity contribution in [1.29, 1.82) is 0 Å². The van der Waals surface area contributed by atoms with Crippen LogP contribution in [-0.2, 0) is 19.4 Å². The summed E-state index contributed by atoms with van der Waals surface area (Å²) in [7, 11) is -2.97. The van der Waals surface area contributed by atoms with Crippen LogP contribution in [0.15, 0.2) is 0 Å². The van der Waals surface area contributed by atoms with E-state index in [1.165, 1.54) is 19.3 Å². The lowest BCUT2D eigenvalue weighted by molar-refractivity contribution is -0.131. The van der Waals surface area contributed by atoms with Gasteiger partial charge in [0.05, 0.1) is 11.5 Å². The molecule has 1 unspecified atom stereocenters. The van der Waals surface area contributed by atoms with Crippen molar-refractivity contribution in [3.63, 3.8) is 0 Å². The Morgan fingerprint density at radius 3 is 1.68 bits per heavy atom. The minimum absolute atomic E-state index is 0.0258. The topological polar surface area (TPSA) is 92.3 Å². The third kappa shape index (κ3) is 5.19. The Kier molecular flexibility index (Phi) is 6.02. The number of amides is 2. The van der Waals surface area contributed by atoms with E-state index in [4.69, 9.17) is 0 Å². The third-order valence-corrected chi connectivity index (χ3v) is 7.77. The molecule has 1 aliphatic heterocycles. The Labute approximate surface area is 150 Å². The van der Waals surface area contributed by atoms with E-state index in [9.17, 15) is 18.0 Å². The standard InChI is InChI=1S/C18H30N2O4S/c21-17(19-15-4-2-1-3-5-15)13-6-8-14(9-7-13)18(22)20-16-10-11-25(23,24)12-16/h13-16H,1-12H2,(H,19,21)(H,20,22). The largest absolute Gasteiger partial charge is 0.353 e. The van der Waals surface area contributed by atoms with Crippen LogP contribution in [0.3, 0.4) is 0 Å². The van der Waals surface area contributed by atoms with Gasteiger partial charge in [-0.25, -0.2) is 8.42 Å². The molecule has 0 spiro atoms. The van der Waals surface area contributed by atoms with Crippen molar-refractivity contribution in [1.82, 2.24) is 10.6 Å². The maximum Gasteiger partial charge on any atom is 0.223 e. The molecule has 2 saturated carbocycles. The van der Waals surface area contributed by atoms with Crippen molar-refractivity contribution < 1.29 is 18.0 Å². The molecular weight excluding hydrogens is 340 g/mol. The van der Waals surface area contributed by atoms with Crippen molar-refractivity contribution in [2.45, 2.75) is 76.3 Å². The molecule has 1 heterocycles. The van der Waals surface area contributed by atoms with Crippen LogP contribution in [0, 0.1) is 11.8 Å². The van der Waals surface area contributed by atoms with E-state index < -0.39 is 9.84 Å². The van der Waals surface area contributed by atoms with Gasteiger partial charge in [-0.15, -0.1) is 0 Å². The second-order valence-corrected chi connectivity index (χ2v) is 10.2. The Hall–Kier alpha value is -1.11. The van der Waals surface area contributed by atoms with Gasteiger partial charge in [-0.2, -0.15) is 0 Å². The van der Waals surface area contributed by atoms with Crippen LogP contribution in [0.2, 0.25) is 0 Å². The van der Waals surface area contributed by atoms with Crippen molar-refractivity contribution in [3.05, 3.63) is 0 Å². The zero-order chi connectivity index (χ0) is 17.9. The first kappa shape index (κ1) is 18.7. The molecule has 0 radical (unpaired) electrons. The van der Waals surface area contributed by atoms with E-state index in [1.807, 2.05) is 0 Å². The summed E-state index contributed by atoms with van der Waals surface area (Å²) in [6.07, 6.45) is 9.31. The molecule has 2 N–H and O–H groups in total. The molecule has 25 heavy (non-hydrogen) atoms. The molecule has 0 aromatic heterocycles. The number of carbonyl (C=O) groups excluding carboxylic acids is 2. The molecule has 2 aliphatic carbocycles.